The van der Waals surface area contributed by atoms with Gasteiger partial charge in [-0.25, -0.2) is 9.07 Å². The number of amides is 1. The third-order valence-electron chi connectivity index (χ3n) is 5.70. The number of nitrogens with zero attached hydrogens (tertiary/aromatic N) is 3. The van der Waals surface area contributed by atoms with Crippen LogP contribution in [0.25, 0.3) is 5.69 Å². The van der Waals surface area contributed by atoms with Crippen molar-refractivity contribution in [2.45, 2.75) is 32.2 Å². The number of hydrogen-bond acceptors (Lipinski definition) is 3. The van der Waals surface area contributed by atoms with Gasteiger partial charge in [0.2, 0.25) is 0 Å². The lowest BCUT2D eigenvalue weighted by molar-refractivity contribution is 0.0733. The highest BCUT2D eigenvalue weighted by atomic mass is 19.1. The van der Waals surface area contributed by atoms with E-state index in [2.05, 4.69) is 5.10 Å². The third kappa shape index (κ3) is 3.28. The predicted octanol–water partition coefficient (Wildman–Crippen LogP) is 4.34. The molecule has 0 fully saturated rings. The molecule has 1 aliphatic rings. The van der Waals surface area contributed by atoms with Crippen LogP contribution in [0.1, 0.15) is 46.7 Å². The Balaban J connectivity index is 1.71. The van der Waals surface area contributed by atoms with Crippen LogP contribution < -0.4 is 4.74 Å². The number of methoxy groups -OCH3 is 1. The zero-order chi connectivity index (χ0) is 20.5. The van der Waals surface area contributed by atoms with Crippen LogP contribution in [0.4, 0.5) is 4.39 Å². The number of aromatic nitrogens is 2. The van der Waals surface area contributed by atoms with Gasteiger partial charge in [0.25, 0.3) is 5.91 Å². The molecule has 1 heterocycles. The van der Waals surface area contributed by atoms with Crippen LogP contribution in [0.15, 0.2) is 48.5 Å². The smallest absolute Gasteiger partial charge is 0.274 e. The summed E-state index contributed by atoms with van der Waals surface area (Å²) >= 11 is 0. The molecule has 2 aromatic carbocycles. The van der Waals surface area contributed by atoms with E-state index in [1.165, 1.54) is 6.07 Å². The van der Waals surface area contributed by atoms with E-state index in [4.69, 9.17) is 4.74 Å². The minimum absolute atomic E-state index is 0.170. The monoisotopic (exact) mass is 393 g/mol. The van der Waals surface area contributed by atoms with Gasteiger partial charge in [-0.2, -0.15) is 5.10 Å². The summed E-state index contributed by atoms with van der Waals surface area (Å²) in [5.41, 5.74) is 3.57. The lowest BCUT2D eigenvalue weighted by atomic mass is 10.1. The fourth-order valence-corrected chi connectivity index (χ4v) is 4.00. The summed E-state index contributed by atoms with van der Waals surface area (Å²) in [7, 11) is 3.39. The van der Waals surface area contributed by atoms with E-state index in [0.29, 0.717) is 11.4 Å². The molecule has 0 spiro atoms. The molecule has 150 valence electrons. The molecule has 0 aliphatic heterocycles. The molecule has 1 amide bonds. The van der Waals surface area contributed by atoms with Gasteiger partial charge in [-0.05, 0) is 44.4 Å². The highest BCUT2D eigenvalue weighted by molar-refractivity contribution is 5.94. The summed E-state index contributed by atoms with van der Waals surface area (Å²) in [6, 6.07) is 14.0. The summed E-state index contributed by atoms with van der Waals surface area (Å²) < 4.78 is 21.4. The Bertz CT molecular complexity index is 1060. The normalized spacial score (nSPS) is 13.8. The second-order valence-corrected chi connectivity index (χ2v) is 7.32. The molecule has 0 radical (unpaired) electrons. The molecular weight excluding hydrogens is 369 g/mol. The molecule has 1 atom stereocenters. The van der Waals surface area contributed by atoms with Gasteiger partial charge in [0, 0.05) is 23.9 Å². The Kier molecular flexibility index (Phi) is 5.09. The maximum Gasteiger partial charge on any atom is 0.274 e. The highest BCUT2D eigenvalue weighted by Gasteiger charge is 2.31. The Morgan fingerprint density at radius 2 is 1.90 bits per heavy atom. The molecule has 1 unspecified atom stereocenters. The molecule has 3 aromatic rings. The van der Waals surface area contributed by atoms with Crippen LogP contribution >= 0.6 is 0 Å². The Morgan fingerprint density at radius 3 is 2.66 bits per heavy atom. The van der Waals surface area contributed by atoms with Crippen molar-refractivity contribution in [2.75, 3.05) is 14.2 Å². The molecule has 6 heteroatoms. The van der Waals surface area contributed by atoms with Gasteiger partial charge in [0.05, 0.1) is 13.2 Å². The lowest BCUT2D eigenvalue weighted by Crippen LogP contribution is -2.31. The van der Waals surface area contributed by atoms with Gasteiger partial charge in [-0.1, -0.05) is 30.3 Å². The number of hydrogen-bond donors (Lipinski definition) is 0. The predicted molar refractivity (Wildman–Crippen MR) is 109 cm³/mol. The number of carbonyl (C=O) groups is 1. The van der Waals surface area contributed by atoms with Crippen molar-refractivity contribution in [2.24, 2.45) is 0 Å². The summed E-state index contributed by atoms with van der Waals surface area (Å²) in [6.45, 7) is 1.96. The zero-order valence-electron chi connectivity index (χ0n) is 16.9. The summed E-state index contributed by atoms with van der Waals surface area (Å²) in [5, 5.41) is 4.56. The van der Waals surface area contributed by atoms with Gasteiger partial charge < -0.3 is 9.64 Å². The van der Waals surface area contributed by atoms with Gasteiger partial charge in [0.15, 0.2) is 5.69 Å². The number of carbonyl (C=O) groups excluding carboxylic acids is 1. The maximum absolute atomic E-state index is 14.4. The average molecular weight is 393 g/mol. The number of ether oxygens (including phenoxy) is 1. The van der Waals surface area contributed by atoms with E-state index in [-0.39, 0.29) is 17.8 Å². The van der Waals surface area contributed by atoms with Crippen molar-refractivity contribution in [3.05, 3.63) is 76.9 Å². The quantitative estimate of drug-likeness (QED) is 0.648. The molecule has 29 heavy (non-hydrogen) atoms. The van der Waals surface area contributed by atoms with Gasteiger partial charge >= 0.3 is 0 Å². The minimum Gasteiger partial charge on any atom is -0.496 e. The molecule has 4 rings (SSSR count). The molecule has 0 saturated carbocycles. The molecule has 0 saturated heterocycles. The second-order valence-electron chi connectivity index (χ2n) is 7.32. The molecule has 1 aromatic heterocycles. The van der Waals surface area contributed by atoms with E-state index < -0.39 is 0 Å². The molecular formula is C23H24FN3O2. The Hall–Kier alpha value is -3.15. The van der Waals surface area contributed by atoms with Crippen molar-refractivity contribution in [3.63, 3.8) is 0 Å². The van der Waals surface area contributed by atoms with Crippen LogP contribution in [0, 0.1) is 5.82 Å². The van der Waals surface area contributed by atoms with Crippen molar-refractivity contribution in [1.29, 1.82) is 0 Å². The van der Waals surface area contributed by atoms with E-state index >= 15 is 0 Å². The van der Waals surface area contributed by atoms with Crippen LogP contribution in [-0.2, 0) is 12.8 Å². The summed E-state index contributed by atoms with van der Waals surface area (Å²) in [4.78, 5) is 15.0. The number of fused-ring (bicyclic) bond motifs is 1. The summed E-state index contributed by atoms with van der Waals surface area (Å²) in [6.07, 6.45) is 2.51. The number of rotatable bonds is 5. The molecule has 5 nitrogen and oxygen atoms in total. The first-order chi connectivity index (χ1) is 14.0. The largest absolute Gasteiger partial charge is 0.496 e. The van der Waals surface area contributed by atoms with E-state index in [1.807, 2.05) is 31.2 Å². The SMILES string of the molecule is COc1ccccc1C(C)N(C)C(=O)c1nn(-c2ccccc2F)c2c1CCC2. The molecule has 1 aliphatic carbocycles. The fraction of sp³-hybridized carbons (Fsp3) is 0.304. The first kappa shape index (κ1) is 19.2. The van der Waals surface area contributed by atoms with Crippen LogP contribution in [0.3, 0.4) is 0 Å². The first-order valence-electron chi connectivity index (χ1n) is 9.78. The Labute approximate surface area is 169 Å². The minimum atomic E-state index is -0.348. The number of benzene rings is 2. The first-order valence-corrected chi connectivity index (χ1v) is 9.78. The van der Waals surface area contributed by atoms with Gasteiger partial charge in [-0.15, -0.1) is 0 Å². The van der Waals surface area contributed by atoms with Crippen molar-refractivity contribution < 1.29 is 13.9 Å². The van der Waals surface area contributed by atoms with E-state index in [9.17, 15) is 9.18 Å². The highest BCUT2D eigenvalue weighted by Crippen LogP contribution is 2.32. The van der Waals surface area contributed by atoms with Crippen LogP contribution in [-0.4, -0.2) is 34.7 Å². The van der Waals surface area contributed by atoms with E-state index in [0.717, 1.165) is 41.8 Å². The Morgan fingerprint density at radius 1 is 1.17 bits per heavy atom. The topological polar surface area (TPSA) is 47.4 Å². The second kappa shape index (κ2) is 7.70. The molecule has 0 N–H and O–H groups in total. The van der Waals surface area contributed by atoms with Crippen LogP contribution in [0.2, 0.25) is 0 Å². The third-order valence-corrected chi connectivity index (χ3v) is 5.70. The van der Waals surface area contributed by atoms with Crippen molar-refractivity contribution in [3.8, 4) is 11.4 Å². The van der Waals surface area contributed by atoms with Gasteiger partial charge in [0.1, 0.15) is 17.3 Å². The summed E-state index contributed by atoms with van der Waals surface area (Å²) in [5.74, 6) is 0.220. The van der Waals surface area contributed by atoms with Gasteiger partial charge in [-0.3, -0.25) is 4.79 Å². The number of para-hydroxylation sites is 2. The molecule has 0 bridgehead atoms. The number of halogens is 1. The lowest BCUT2D eigenvalue weighted by Gasteiger charge is -2.26. The standard InChI is InChI=1S/C23H24FN3O2/c1-15(16-9-4-7-14-21(16)29-3)26(2)23(28)22-17-10-8-13-19(17)27(25-22)20-12-6-5-11-18(20)24/h4-7,9,11-12,14-15H,8,10,13H2,1-3H3. The van der Waals surface area contributed by atoms with Crippen molar-refractivity contribution >= 4 is 5.91 Å². The fourth-order valence-electron chi connectivity index (χ4n) is 4.00. The van der Waals surface area contributed by atoms with Crippen molar-refractivity contribution in [1.82, 2.24) is 14.7 Å². The maximum atomic E-state index is 14.4. The average Bonchev–Trinajstić information content (AvgIpc) is 3.35. The zero-order valence-corrected chi connectivity index (χ0v) is 16.9. The van der Waals surface area contributed by atoms with E-state index in [1.54, 1.807) is 41.9 Å². The van der Waals surface area contributed by atoms with Crippen LogP contribution in [0.5, 0.6) is 5.75 Å².